The van der Waals surface area contributed by atoms with E-state index in [2.05, 4.69) is 5.32 Å². The number of hydrogen-bond donors (Lipinski definition) is 2. The molecule has 6 heteroatoms. The second kappa shape index (κ2) is 6.38. The molecule has 0 aromatic heterocycles. The fourth-order valence-electron chi connectivity index (χ4n) is 2.12. The largest absolute Gasteiger partial charge is 0.497 e. The van der Waals surface area contributed by atoms with Crippen molar-refractivity contribution >= 4 is 17.6 Å². The van der Waals surface area contributed by atoms with Crippen molar-refractivity contribution in [1.82, 2.24) is 0 Å². The summed E-state index contributed by atoms with van der Waals surface area (Å²) in [6.45, 7) is 1.05. The first-order chi connectivity index (χ1) is 9.61. The number of carboxylic acids is 1. The Balaban J connectivity index is 2.15. The zero-order valence-electron chi connectivity index (χ0n) is 11.2. The molecule has 1 aliphatic rings. The van der Waals surface area contributed by atoms with E-state index in [9.17, 15) is 14.7 Å². The van der Waals surface area contributed by atoms with E-state index in [4.69, 9.17) is 9.47 Å². The van der Waals surface area contributed by atoms with Crippen molar-refractivity contribution in [3.63, 3.8) is 0 Å². The standard InChI is InChI=1S/C14H17NO5/c1-19-10-4-5-12(11(7-10)14(17)18)15-13(16)9-3-2-6-20-8-9/h4-5,7,9H,2-3,6,8H2,1H3,(H,15,16)(H,17,18). The Kier molecular flexibility index (Phi) is 4.57. The Bertz CT molecular complexity index is 508. The molecule has 0 aliphatic carbocycles. The fraction of sp³-hybridized carbons (Fsp3) is 0.429. The summed E-state index contributed by atoms with van der Waals surface area (Å²) in [7, 11) is 1.46. The Morgan fingerprint density at radius 2 is 2.25 bits per heavy atom. The zero-order valence-corrected chi connectivity index (χ0v) is 11.2. The van der Waals surface area contributed by atoms with E-state index in [1.807, 2.05) is 0 Å². The van der Waals surface area contributed by atoms with Crippen LogP contribution in [0.1, 0.15) is 23.2 Å². The first-order valence-corrected chi connectivity index (χ1v) is 6.41. The number of hydrogen-bond acceptors (Lipinski definition) is 4. The number of nitrogens with one attached hydrogen (secondary N) is 1. The molecule has 20 heavy (non-hydrogen) atoms. The van der Waals surface area contributed by atoms with Crippen LogP contribution in [-0.4, -0.2) is 37.3 Å². The number of methoxy groups -OCH3 is 1. The number of rotatable bonds is 4. The number of anilines is 1. The highest BCUT2D eigenvalue weighted by atomic mass is 16.5. The Labute approximate surface area is 116 Å². The molecule has 108 valence electrons. The van der Waals surface area contributed by atoms with Gasteiger partial charge in [0.05, 0.1) is 30.9 Å². The summed E-state index contributed by atoms with van der Waals surface area (Å²) in [4.78, 5) is 23.3. The zero-order chi connectivity index (χ0) is 14.5. The fourth-order valence-corrected chi connectivity index (χ4v) is 2.12. The normalized spacial score (nSPS) is 18.4. The average molecular weight is 279 g/mol. The molecule has 1 saturated heterocycles. The van der Waals surface area contributed by atoms with E-state index >= 15 is 0 Å². The van der Waals surface area contributed by atoms with Gasteiger partial charge in [0, 0.05) is 6.61 Å². The van der Waals surface area contributed by atoms with Gasteiger partial charge in [-0.3, -0.25) is 4.79 Å². The molecule has 1 fully saturated rings. The SMILES string of the molecule is COc1ccc(NC(=O)C2CCCOC2)c(C(=O)O)c1. The monoisotopic (exact) mass is 279 g/mol. The Hall–Kier alpha value is -2.08. The first kappa shape index (κ1) is 14.3. The van der Waals surface area contributed by atoms with Crippen molar-refractivity contribution in [2.75, 3.05) is 25.6 Å². The lowest BCUT2D eigenvalue weighted by molar-refractivity contribution is -0.123. The molecule has 2 N–H and O–H groups in total. The molecule has 1 unspecified atom stereocenters. The highest BCUT2D eigenvalue weighted by Gasteiger charge is 2.23. The first-order valence-electron chi connectivity index (χ1n) is 6.41. The smallest absolute Gasteiger partial charge is 0.337 e. The topological polar surface area (TPSA) is 84.9 Å². The number of benzene rings is 1. The van der Waals surface area contributed by atoms with Crippen LogP contribution in [0.15, 0.2) is 18.2 Å². The maximum atomic E-state index is 12.1. The summed E-state index contributed by atoms with van der Waals surface area (Å²) in [6, 6.07) is 4.53. The highest BCUT2D eigenvalue weighted by molar-refractivity contribution is 6.01. The van der Waals surface area contributed by atoms with Crippen LogP contribution >= 0.6 is 0 Å². The third-order valence-electron chi connectivity index (χ3n) is 3.25. The lowest BCUT2D eigenvalue weighted by Gasteiger charge is -2.21. The molecule has 1 heterocycles. The lowest BCUT2D eigenvalue weighted by atomic mass is 10.0. The molecule has 0 radical (unpaired) electrons. The molecule has 1 atom stereocenters. The van der Waals surface area contributed by atoms with Gasteiger partial charge < -0.3 is 19.9 Å². The van der Waals surface area contributed by atoms with E-state index in [-0.39, 0.29) is 23.1 Å². The molecule has 0 saturated carbocycles. The molecule has 1 amide bonds. The summed E-state index contributed by atoms with van der Waals surface area (Å²) < 4.78 is 10.2. The van der Waals surface area contributed by atoms with Crippen LogP contribution in [0, 0.1) is 5.92 Å². The van der Waals surface area contributed by atoms with Crippen molar-refractivity contribution in [3.05, 3.63) is 23.8 Å². The molecule has 0 bridgehead atoms. The Morgan fingerprint density at radius 1 is 1.45 bits per heavy atom. The maximum Gasteiger partial charge on any atom is 0.337 e. The van der Waals surface area contributed by atoms with Gasteiger partial charge in [0.1, 0.15) is 5.75 Å². The van der Waals surface area contributed by atoms with Gasteiger partial charge in [-0.2, -0.15) is 0 Å². The van der Waals surface area contributed by atoms with Gasteiger partial charge >= 0.3 is 5.97 Å². The van der Waals surface area contributed by atoms with Crippen molar-refractivity contribution in [3.8, 4) is 5.75 Å². The summed E-state index contributed by atoms with van der Waals surface area (Å²) >= 11 is 0. The molecule has 2 rings (SSSR count). The summed E-state index contributed by atoms with van der Waals surface area (Å²) in [5.74, 6) is -1.12. The molecular formula is C14H17NO5. The van der Waals surface area contributed by atoms with Crippen LogP contribution in [0.25, 0.3) is 0 Å². The molecule has 1 aromatic carbocycles. The quantitative estimate of drug-likeness (QED) is 0.877. The van der Waals surface area contributed by atoms with Gasteiger partial charge in [0.2, 0.25) is 5.91 Å². The molecule has 1 aromatic rings. The molecular weight excluding hydrogens is 262 g/mol. The molecule has 0 spiro atoms. The van der Waals surface area contributed by atoms with Crippen molar-refractivity contribution in [2.24, 2.45) is 5.92 Å². The van der Waals surface area contributed by atoms with Crippen LogP contribution < -0.4 is 10.1 Å². The van der Waals surface area contributed by atoms with Gasteiger partial charge in [0.25, 0.3) is 0 Å². The second-order valence-corrected chi connectivity index (χ2v) is 4.62. The molecule has 6 nitrogen and oxygen atoms in total. The number of ether oxygens (including phenoxy) is 2. The van der Waals surface area contributed by atoms with Crippen molar-refractivity contribution in [1.29, 1.82) is 0 Å². The van der Waals surface area contributed by atoms with E-state index in [1.165, 1.54) is 19.2 Å². The van der Waals surface area contributed by atoms with E-state index in [0.29, 0.717) is 19.0 Å². The second-order valence-electron chi connectivity index (χ2n) is 4.62. The van der Waals surface area contributed by atoms with Crippen LogP contribution in [0.2, 0.25) is 0 Å². The number of carbonyl (C=O) groups excluding carboxylic acids is 1. The van der Waals surface area contributed by atoms with E-state index < -0.39 is 5.97 Å². The van der Waals surface area contributed by atoms with Crippen LogP contribution in [0.4, 0.5) is 5.69 Å². The van der Waals surface area contributed by atoms with Gasteiger partial charge in [0.15, 0.2) is 0 Å². The predicted octanol–water partition coefficient (Wildman–Crippen LogP) is 1.76. The average Bonchev–Trinajstić information content (AvgIpc) is 2.48. The highest BCUT2D eigenvalue weighted by Crippen LogP contribution is 2.24. The van der Waals surface area contributed by atoms with Gasteiger partial charge in [-0.1, -0.05) is 0 Å². The van der Waals surface area contributed by atoms with E-state index in [0.717, 1.165) is 12.8 Å². The minimum absolute atomic E-state index is 0.00873. The molecule has 1 aliphatic heterocycles. The van der Waals surface area contributed by atoms with Crippen molar-refractivity contribution in [2.45, 2.75) is 12.8 Å². The van der Waals surface area contributed by atoms with Crippen LogP contribution in [0.3, 0.4) is 0 Å². The summed E-state index contributed by atoms with van der Waals surface area (Å²) in [5.41, 5.74) is 0.281. The van der Waals surface area contributed by atoms with Crippen LogP contribution in [0.5, 0.6) is 5.75 Å². The minimum Gasteiger partial charge on any atom is -0.497 e. The minimum atomic E-state index is -1.11. The number of aromatic carboxylic acids is 1. The number of carbonyl (C=O) groups is 2. The predicted molar refractivity (Wildman–Crippen MR) is 72.1 cm³/mol. The number of carboxylic acid groups (broad SMARTS) is 1. The van der Waals surface area contributed by atoms with Gasteiger partial charge in [-0.05, 0) is 31.0 Å². The summed E-state index contributed by atoms with van der Waals surface area (Å²) in [6.07, 6.45) is 1.59. The maximum absolute atomic E-state index is 12.1. The Morgan fingerprint density at radius 3 is 2.85 bits per heavy atom. The van der Waals surface area contributed by atoms with Gasteiger partial charge in [-0.15, -0.1) is 0 Å². The third kappa shape index (κ3) is 3.27. The number of amides is 1. The summed E-state index contributed by atoms with van der Waals surface area (Å²) in [5, 5.41) is 11.8. The van der Waals surface area contributed by atoms with Crippen molar-refractivity contribution < 1.29 is 24.2 Å². The van der Waals surface area contributed by atoms with Crippen LogP contribution in [-0.2, 0) is 9.53 Å². The third-order valence-corrected chi connectivity index (χ3v) is 3.25. The van der Waals surface area contributed by atoms with E-state index in [1.54, 1.807) is 6.07 Å². The lowest BCUT2D eigenvalue weighted by Crippen LogP contribution is -2.30. The van der Waals surface area contributed by atoms with Gasteiger partial charge in [-0.25, -0.2) is 4.79 Å².